The molecule has 1 aromatic rings. The molecule has 0 bridgehead atoms. The van der Waals surface area contributed by atoms with Crippen molar-refractivity contribution in [2.24, 2.45) is 5.92 Å². The van der Waals surface area contributed by atoms with Crippen LogP contribution in [-0.4, -0.2) is 18.4 Å². The van der Waals surface area contributed by atoms with Crippen molar-refractivity contribution in [2.45, 2.75) is 65.3 Å². The molecule has 3 aliphatic carbocycles. The number of nitrogens with one attached hydrogen (secondary N) is 2. The van der Waals surface area contributed by atoms with Gasteiger partial charge in [-0.15, -0.1) is 0 Å². The van der Waals surface area contributed by atoms with Crippen molar-refractivity contribution in [2.75, 3.05) is 11.9 Å². The summed E-state index contributed by atoms with van der Waals surface area (Å²) in [5.74, 6) is -0.525. The highest BCUT2D eigenvalue weighted by Gasteiger charge is 2.24. The Balaban J connectivity index is 1.78. The van der Waals surface area contributed by atoms with Crippen LogP contribution in [0.1, 0.15) is 70.4 Å². The smallest absolute Gasteiger partial charge is 0.162 e. The van der Waals surface area contributed by atoms with Gasteiger partial charge >= 0.3 is 0 Å². The van der Waals surface area contributed by atoms with Crippen LogP contribution in [0.2, 0.25) is 0 Å². The summed E-state index contributed by atoms with van der Waals surface area (Å²) in [4.78, 5) is 0. The summed E-state index contributed by atoms with van der Waals surface area (Å²) in [6.45, 7) is 6.47. The number of anilines is 1. The van der Waals surface area contributed by atoms with E-state index in [0.717, 1.165) is 31.3 Å². The fourth-order valence-electron chi connectivity index (χ4n) is 4.95. The van der Waals surface area contributed by atoms with E-state index < -0.39 is 11.7 Å². The Morgan fingerprint density at radius 1 is 1.19 bits per heavy atom. The van der Waals surface area contributed by atoms with E-state index in [4.69, 9.17) is 10.1 Å². The summed E-state index contributed by atoms with van der Waals surface area (Å²) in [6.07, 6.45) is 18.9. The van der Waals surface area contributed by atoms with Crippen LogP contribution in [0.5, 0.6) is 5.75 Å². The molecule has 190 valence electrons. The van der Waals surface area contributed by atoms with Gasteiger partial charge < -0.3 is 15.5 Å². The van der Waals surface area contributed by atoms with Crippen molar-refractivity contribution in [3.8, 4) is 5.75 Å². The van der Waals surface area contributed by atoms with Crippen LogP contribution in [-0.2, 0) is 0 Å². The van der Waals surface area contributed by atoms with Crippen LogP contribution < -0.4 is 10.1 Å². The molecule has 0 saturated carbocycles. The summed E-state index contributed by atoms with van der Waals surface area (Å²) in [7, 11) is 0. The maximum Gasteiger partial charge on any atom is 0.162 e. The van der Waals surface area contributed by atoms with Crippen molar-refractivity contribution in [1.29, 1.82) is 5.41 Å². The Morgan fingerprint density at radius 2 is 2.03 bits per heavy atom. The topological polar surface area (TPSA) is 45.1 Å². The zero-order valence-electron chi connectivity index (χ0n) is 21.5. The first-order chi connectivity index (χ1) is 17.4. The lowest BCUT2D eigenvalue weighted by Gasteiger charge is -2.25. The third kappa shape index (κ3) is 5.77. The van der Waals surface area contributed by atoms with E-state index in [-0.39, 0.29) is 18.0 Å². The van der Waals surface area contributed by atoms with Gasteiger partial charge in [0.1, 0.15) is 18.2 Å². The van der Waals surface area contributed by atoms with E-state index in [0.29, 0.717) is 47.2 Å². The Labute approximate surface area is 213 Å². The number of allylic oxidation sites excluding steroid dienone is 9. The summed E-state index contributed by atoms with van der Waals surface area (Å²) in [6, 6.07) is 3.58. The monoisotopic (exact) mass is 490 g/mol. The molecule has 4 rings (SSSR count). The third-order valence-corrected chi connectivity index (χ3v) is 7.17. The molecule has 0 spiro atoms. The van der Waals surface area contributed by atoms with Crippen molar-refractivity contribution in [3.63, 3.8) is 0 Å². The van der Waals surface area contributed by atoms with Gasteiger partial charge in [-0.2, -0.15) is 0 Å². The number of halogens is 2. The van der Waals surface area contributed by atoms with E-state index >= 15 is 0 Å². The minimum absolute atomic E-state index is 0.00268. The summed E-state index contributed by atoms with van der Waals surface area (Å²) in [5.41, 5.74) is 4.84. The molecule has 5 heteroatoms. The van der Waals surface area contributed by atoms with Crippen LogP contribution in [0.4, 0.5) is 14.5 Å². The SMILES string of the molecule is CCC(Nc1c(OCC2=CCCC2C)cc(C2=CCCC(F)=C2F)cc1C(C)=N)C1=CC=CCC=C1. The van der Waals surface area contributed by atoms with Gasteiger partial charge in [0.15, 0.2) is 5.83 Å². The molecule has 2 N–H and O–H groups in total. The molecule has 0 aliphatic heterocycles. The average molecular weight is 491 g/mol. The maximum absolute atomic E-state index is 14.8. The number of hydrogen-bond acceptors (Lipinski definition) is 3. The average Bonchev–Trinajstić information content (AvgIpc) is 3.10. The second-order valence-electron chi connectivity index (χ2n) is 9.78. The lowest BCUT2D eigenvalue weighted by Crippen LogP contribution is -2.23. The number of ether oxygens (including phenoxy) is 1. The largest absolute Gasteiger partial charge is 0.487 e. The molecule has 3 aliphatic rings. The summed E-state index contributed by atoms with van der Waals surface area (Å²) >= 11 is 0. The molecule has 0 heterocycles. The predicted octanol–water partition coefficient (Wildman–Crippen LogP) is 8.77. The molecule has 0 amide bonds. The first-order valence-corrected chi connectivity index (χ1v) is 13.0. The highest BCUT2D eigenvalue weighted by atomic mass is 19.2. The lowest BCUT2D eigenvalue weighted by molar-refractivity contribution is 0.340. The molecule has 2 unspecified atom stereocenters. The molecule has 0 radical (unpaired) electrons. The number of hydrogen-bond donors (Lipinski definition) is 2. The Morgan fingerprint density at radius 3 is 2.75 bits per heavy atom. The summed E-state index contributed by atoms with van der Waals surface area (Å²) < 4.78 is 35.4. The fourth-order valence-corrected chi connectivity index (χ4v) is 4.95. The zero-order chi connectivity index (χ0) is 25.7. The lowest BCUT2D eigenvalue weighted by atomic mass is 9.93. The molecule has 0 fully saturated rings. The molecule has 36 heavy (non-hydrogen) atoms. The third-order valence-electron chi connectivity index (χ3n) is 7.17. The maximum atomic E-state index is 14.8. The quantitative estimate of drug-likeness (QED) is 0.268. The molecular formula is C31H36F2N2O. The van der Waals surface area contributed by atoms with Gasteiger partial charge in [-0.1, -0.05) is 56.4 Å². The highest BCUT2D eigenvalue weighted by molar-refractivity contribution is 6.04. The van der Waals surface area contributed by atoms with Crippen LogP contribution in [0.15, 0.2) is 77.5 Å². The highest BCUT2D eigenvalue weighted by Crippen LogP contribution is 2.40. The van der Waals surface area contributed by atoms with Crippen LogP contribution >= 0.6 is 0 Å². The summed E-state index contributed by atoms with van der Waals surface area (Å²) in [5, 5.41) is 12.2. The van der Waals surface area contributed by atoms with E-state index in [9.17, 15) is 8.78 Å². The van der Waals surface area contributed by atoms with E-state index in [2.05, 4.69) is 55.6 Å². The van der Waals surface area contributed by atoms with Crippen molar-refractivity contribution in [1.82, 2.24) is 0 Å². The van der Waals surface area contributed by atoms with Gasteiger partial charge in [0.05, 0.1) is 11.7 Å². The van der Waals surface area contributed by atoms with Gasteiger partial charge in [-0.25, -0.2) is 8.78 Å². The second kappa shape index (κ2) is 11.7. The Hall–Kier alpha value is -3.21. The molecule has 0 aromatic heterocycles. The fraction of sp³-hybridized carbons (Fsp3) is 0.387. The van der Waals surface area contributed by atoms with Gasteiger partial charge in [0.25, 0.3) is 0 Å². The van der Waals surface area contributed by atoms with Crippen LogP contribution in [0, 0.1) is 11.3 Å². The molecule has 1 aromatic carbocycles. The predicted molar refractivity (Wildman–Crippen MR) is 146 cm³/mol. The minimum atomic E-state index is -0.819. The van der Waals surface area contributed by atoms with Gasteiger partial charge in [0.2, 0.25) is 0 Å². The minimum Gasteiger partial charge on any atom is -0.487 e. The molecule has 2 atom stereocenters. The van der Waals surface area contributed by atoms with Gasteiger partial charge in [-0.05, 0) is 73.8 Å². The number of benzene rings is 1. The van der Waals surface area contributed by atoms with Crippen molar-refractivity contribution >= 4 is 17.0 Å². The molecule has 3 nitrogen and oxygen atoms in total. The molecule has 0 saturated heterocycles. The van der Waals surface area contributed by atoms with Crippen molar-refractivity contribution in [3.05, 3.63) is 88.6 Å². The second-order valence-corrected chi connectivity index (χ2v) is 9.78. The number of rotatable bonds is 9. The Bertz CT molecular complexity index is 1200. The van der Waals surface area contributed by atoms with E-state index in [1.807, 2.05) is 0 Å². The normalized spacial score (nSPS) is 20.5. The van der Waals surface area contributed by atoms with E-state index in [1.165, 1.54) is 5.57 Å². The van der Waals surface area contributed by atoms with Gasteiger partial charge in [0, 0.05) is 23.3 Å². The molecular weight excluding hydrogens is 454 g/mol. The van der Waals surface area contributed by atoms with Crippen molar-refractivity contribution < 1.29 is 13.5 Å². The van der Waals surface area contributed by atoms with Crippen LogP contribution in [0.25, 0.3) is 5.57 Å². The van der Waals surface area contributed by atoms with Gasteiger partial charge in [-0.3, -0.25) is 0 Å². The first-order valence-electron chi connectivity index (χ1n) is 13.0. The zero-order valence-corrected chi connectivity index (χ0v) is 21.5. The standard InChI is InChI=1S/C31H36F2N2O/c1-4-28(22-12-7-5-6-8-13-22)35-31-26(21(3)34)17-24(25-15-10-16-27(32)30(25)33)18-29(31)36-19-23-14-9-11-20(23)2/h5,7-8,12-15,17-18,20,28,34-35H,4,6,9-11,16,19H2,1-3H3. The van der Waals surface area contributed by atoms with Crippen LogP contribution in [0.3, 0.4) is 0 Å². The Kier molecular flexibility index (Phi) is 8.40. The van der Waals surface area contributed by atoms with E-state index in [1.54, 1.807) is 25.1 Å². The first kappa shape index (κ1) is 25.9.